The van der Waals surface area contributed by atoms with Crippen molar-refractivity contribution < 1.29 is 15.0 Å². The van der Waals surface area contributed by atoms with Gasteiger partial charge in [0.1, 0.15) is 11.6 Å². The van der Waals surface area contributed by atoms with Gasteiger partial charge in [-0.2, -0.15) is 0 Å². The fraction of sp³-hybridized carbons (Fsp3) is 0.273. The first kappa shape index (κ1) is 9.21. The van der Waals surface area contributed by atoms with Crippen LogP contribution in [0.2, 0.25) is 0 Å². The third kappa shape index (κ3) is 1.25. The molecule has 3 rings (SSSR count). The molecule has 2 N–H and O–H groups in total. The maximum Gasteiger partial charge on any atom is 0.356 e. The minimum atomic E-state index is -1.03. The minimum absolute atomic E-state index is 0.0573. The topological polar surface area (TPSA) is 74.8 Å². The second kappa shape index (κ2) is 2.98. The van der Waals surface area contributed by atoms with Crippen LogP contribution < -0.4 is 0 Å². The molecule has 0 radical (unpaired) electrons. The third-order valence-corrected chi connectivity index (χ3v) is 2.79. The molecular formula is C11H10N2O3. The van der Waals surface area contributed by atoms with E-state index >= 15 is 0 Å². The first-order valence-corrected chi connectivity index (χ1v) is 5.11. The highest BCUT2D eigenvalue weighted by molar-refractivity contribution is 5.93. The molecule has 0 atom stereocenters. The molecule has 1 aliphatic rings. The number of aromatic nitrogens is 2. The molecular weight excluding hydrogens is 208 g/mol. The molecule has 1 fully saturated rings. The van der Waals surface area contributed by atoms with Gasteiger partial charge in [-0.15, -0.1) is 0 Å². The first-order valence-electron chi connectivity index (χ1n) is 5.11. The van der Waals surface area contributed by atoms with Crippen molar-refractivity contribution in [3.63, 3.8) is 0 Å². The number of imidazole rings is 1. The lowest BCUT2D eigenvalue weighted by atomic mass is 10.3. The van der Waals surface area contributed by atoms with Gasteiger partial charge in [0.05, 0.1) is 11.7 Å². The molecule has 2 aromatic heterocycles. The van der Waals surface area contributed by atoms with Crippen LogP contribution in [0.15, 0.2) is 18.3 Å². The molecule has 0 aliphatic heterocycles. The molecule has 1 aliphatic carbocycles. The summed E-state index contributed by atoms with van der Waals surface area (Å²) in [7, 11) is 0. The van der Waals surface area contributed by atoms with Crippen LogP contribution in [0, 0.1) is 0 Å². The number of rotatable bonds is 2. The van der Waals surface area contributed by atoms with Crippen LogP contribution >= 0.6 is 0 Å². The maximum absolute atomic E-state index is 11.0. The largest absolute Gasteiger partial charge is 0.506 e. The van der Waals surface area contributed by atoms with Crippen molar-refractivity contribution in [1.29, 1.82) is 0 Å². The van der Waals surface area contributed by atoms with Gasteiger partial charge < -0.3 is 10.2 Å². The predicted octanol–water partition coefficient (Wildman–Crippen LogP) is 1.62. The van der Waals surface area contributed by atoms with E-state index in [-0.39, 0.29) is 11.4 Å². The number of fused-ring (bicyclic) bond motifs is 1. The predicted molar refractivity (Wildman–Crippen MR) is 55.8 cm³/mol. The summed E-state index contributed by atoms with van der Waals surface area (Å²) in [6.07, 6.45) is 3.59. The summed E-state index contributed by atoms with van der Waals surface area (Å²) in [6.45, 7) is 0. The molecule has 0 bridgehead atoms. The number of pyridine rings is 1. The van der Waals surface area contributed by atoms with Gasteiger partial charge in [0, 0.05) is 5.92 Å². The standard InChI is InChI=1S/C11H10N2O3/c14-7-3-4-8-9(11(15)16)12-10(6-1-2-6)13(8)5-7/h3-6,14H,1-2H2,(H,15,16). The van der Waals surface area contributed by atoms with E-state index in [1.807, 2.05) is 0 Å². The van der Waals surface area contributed by atoms with Crippen molar-refractivity contribution >= 4 is 11.5 Å². The number of carbonyl (C=O) groups is 1. The Morgan fingerprint density at radius 3 is 2.81 bits per heavy atom. The van der Waals surface area contributed by atoms with Gasteiger partial charge in [0.15, 0.2) is 5.69 Å². The molecule has 2 aromatic rings. The normalized spacial score (nSPS) is 15.5. The van der Waals surface area contributed by atoms with Gasteiger partial charge in [-0.3, -0.25) is 4.40 Å². The van der Waals surface area contributed by atoms with Crippen LogP contribution in [-0.4, -0.2) is 25.6 Å². The second-order valence-electron chi connectivity index (χ2n) is 4.04. The molecule has 0 spiro atoms. The Hall–Kier alpha value is -2.04. The summed E-state index contributed by atoms with van der Waals surface area (Å²) in [5, 5.41) is 18.4. The Morgan fingerprint density at radius 1 is 1.44 bits per heavy atom. The highest BCUT2D eigenvalue weighted by atomic mass is 16.4. The lowest BCUT2D eigenvalue weighted by Gasteiger charge is -1.99. The second-order valence-corrected chi connectivity index (χ2v) is 4.04. The van der Waals surface area contributed by atoms with Crippen LogP contribution in [0.4, 0.5) is 0 Å². The number of carboxylic acids is 1. The van der Waals surface area contributed by atoms with E-state index in [1.165, 1.54) is 12.3 Å². The van der Waals surface area contributed by atoms with Crippen LogP contribution in [0.25, 0.3) is 5.52 Å². The number of hydrogen-bond donors (Lipinski definition) is 2. The van der Waals surface area contributed by atoms with E-state index in [0.717, 1.165) is 18.7 Å². The molecule has 0 amide bonds. The summed E-state index contributed by atoms with van der Waals surface area (Å²) in [5.74, 6) is 0.157. The SMILES string of the molecule is O=C(O)c1nc(C2CC2)n2cc(O)ccc12. The van der Waals surface area contributed by atoms with Crippen LogP contribution in [0.5, 0.6) is 5.75 Å². The van der Waals surface area contributed by atoms with Crippen molar-refractivity contribution in [2.75, 3.05) is 0 Å². The fourth-order valence-electron chi connectivity index (χ4n) is 1.88. The molecule has 0 aromatic carbocycles. The smallest absolute Gasteiger partial charge is 0.356 e. The zero-order chi connectivity index (χ0) is 11.3. The van der Waals surface area contributed by atoms with Gasteiger partial charge in [-0.1, -0.05) is 0 Å². The lowest BCUT2D eigenvalue weighted by Crippen LogP contribution is -1.97. The van der Waals surface area contributed by atoms with E-state index in [0.29, 0.717) is 11.4 Å². The monoisotopic (exact) mass is 218 g/mol. The highest BCUT2D eigenvalue weighted by Crippen LogP contribution is 2.40. The van der Waals surface area contributed by atoms with Gasteiger partial charge in [0.25, 0.3) is 0 Å². The van der Waals surface area contributed by atoms with E-state index in [2.05, 4.69) is 4.98 Å². The van der Waals surface area contributed by atoms with E-state index < -0.39 is 5.97 Å². The van der Waals surface area contributed by atoms with Crippen LogP contribution in [-0.2, 0) is 0 Å². The van der Waals surface area contributed by atoms with Gasteiger partial charge in [-0.05, 0) is 25.0 Å². The van der Waals surface area contributed by atoms with E-state index in [9.17, 15) is 9.90 Å². The number of aromatic carboxylic acids is 1. The zero-order valence-electron chi connectivity index (χ0n) is 8.42. The Kier molecular flexibility index (Phi) is 1.71. The van der Waals surface area contributed by atoms with Crippen LogP contribution in [0.3, 0.4) is 0 Å². The Bertz CT molecular complexity index is 584. The average Bonchev–Trinajstić information content (AvgIpc) is 3.00. The van der Waals surface area contributed by atoms with Gasteiger partial charge in [-0.25, -0.2) is 9.78 Å². The van der Waals surface area contributed by atoms with Crippen molar-refractivity contribution in [2.45, 2.75) is 18.8 Å². The summed E-state index contributed by atoms with van der Waals surface area (Å²) in [4.78, 5) is 15.2. The Balaban J connectivity index is 2.32. The molecule has 2 heterocycles. The van der Waals surface area contributed by atoms with Gasteiger partial charge in [0.2, 0.25) is 0 Å². The van der Waals surface area contributed by atoms with Crippen molar-refractivity contribution in [3.8, 4) is 5.75 Å². The first-order chi connectivity index (χ1) is 7.66. The van der Waals surface area contributed by atoms with Crippen LogP contribution in [0.1, 0.15) is 35.1 Å². The minimum Gasteiger partial charge on any atom is -0.506 e. The quantitative estimate of drug-likeness (QED) is 0.803. The number of hydrogen-bond acceptors (Lipinski definition) is 3. The van der Waals surface area contributed by atoms with Crippen molar-refractivity contribution in [3.05, 3.63) is 29.8 Å². The Morgan fingerprint density at radius 2 is 2.19 bits per heavy atom. The number of aromatic hydroxyl groups is 1. The van der Waals surface area contributed by atoms with Gasteiger partial charge >= 0.3 is 5.97 Å². The zero-order valence-corrected chi connectivity index (χ0v) is 8.42. The molecule has 0 saturated heterocycles. The average molecular weight is 218 g/mol. The Labute approximate surface area is 91.0 Å². The van der Waals surface area contributed by atoms with E-state index in [1.54, 1.807) is 10.5 Å². The number of carboxylic acid groups (broad SMARTS) is 1. The van der Waals surface area contributed by atoms with Crippen molar-refractivity contribution in [1.82, 2.24) is 9.38 Å². The molecule has 1 saturated carbocycles. The molecule has 16 heavy (non-hydrogen) atoms. The third-order valence-electron chi connectivity index (χ3n) is 2.79. The molecule has 5 nitrogen and oxygen atoms in total. The summed E-state index contributed by atoms with van der Waals surface area (Å²) >= 11 is 0. The van der Waals surface area contributed by atoms with Crippen molar-refractivity contribution in [2.24, 2.45) is 0 Å². The fourth-order valence-corrected chi connectivity index (χ4v) is 1.88. The summed E-state index contributed by atoms with van der Waals surface area (Å²) in [6, 6.07) is 3.05. The molecule has 0 unspecified atom stereocenters. The summed E-state index contributed by atoms with van der Waals surface area (Å²) in [5.41, 5.74) is 0.592. The number of nitrogens with zero attached hydrogens (tertiary/aromatic N) is 2. The lowest BCUT2D eigenvalue weighted by molar-refractivity contribution is 0.0693. The maximum atomic E-state index is 11.0. The van der Waals surface area contributed by atoms with E-state index in [4.69, 9.17) is 5.11 Å². The molecule has 82 valence electrons. The molecule has 5 heteroatoms. The highest BCUT2D eigenvalue weighted by Gasteiger charge is 2.30. The summed E-state index contributed by atoms with van der Waals surface area (Å²) < 4.78 is 1.68.